The van der Waals surface area contributed by atoms with E-state index in [1.54, 1.807) is 20.8 Å². The predicted molar refractivity (Wildman–Crippen MR) is 81.1 cm³/mol. The molecular formula is C16H30O5. The smallest absolute Gasteiger partial charge is 0.336 e. The van der Waals surface area contributed by atoms with Crippen LogP contribution in [0.15, 0.2) is 0 Å². The van der Waals surface area contributed by atoms with Gasteiger partial charge in [-0.15, -0.1) is 0 Å². The number of carbonyl (C=O) groups is 2. The molecule has 0 saturated heterocycles. The van der Waals surface area contributed by atoms with Crippen molar-refractivity contribution in [2.45, 2.75) is 78.4 Å². The molecule has 1 N–H and O–H groups in total. The van der Waals surface area contributed by atoms with E-state index in [1.165, 1.54) is 0 Å². The lowest BCUT2D eigenvalue weighted by Gasteiger charge is -2.27. The molecule has 2 atom stereocenters. The van der Waals surface area contributed by atoms with Gasteiger partial charge in [-0.3, -0.25) is 4.79 Å². The molecule has 0 bridgehead atoms. The van der Waals surface area contributed by atoms with Gasteiger partial charge in [-0.1, -0.05) is 33.1 Å². The number of hydrogen-bond donors (Lipinski definition) is 1. The van der Waals surface area contributed by atoms with Gasteiger partial charge in [0.05, 0.1) is 5.92 Å². The SMILES string of the molecule is CCCCOC(C(=O)OC(C)(C)C)[C@@H](CCCC)C(=O)O. The van der Waals surface area contributed by atoms with Crippen molar-refractivity contribution in [2.24, 2.45) is 5.92 Å². The molecule has 0 rings (SSSR count). The number of esters is 1. The van der Waals surface area contributed by atoms with Gasteiger partial charge in [0, 0.05) is 6.61 Å². The lowest BCUT2D eigenvalue weighted by molar-refractivity contribution is -0.178. The second-order valence-electron chi connectivity index (χ2n) is 6.27. The number of carboxylic acid groups (broad SMARTS) is 1. The van der Waals surface area contributed by atoms with Crippen LogP contribution in [0.3, 0.4) is 0 Å². The summed E-state index contributed by atoms with van der Waals surface area (Å²) in [6.07, 6.45) is 2.72. The zero-order chi connectivity index (χ0) is 16.5. The average molecular weight is 302 g/mol. The minimum Gasteiger partial charge on any atom is -0.481 e. The van der Waals surface area contributed by atoms with Crippen LogP contribution in [0.4, 0.5) is 0 Å². The minimum absolute atomic E-state index is 0.371. The molecule has 0 amide bonds. The fourth-order valence-electron chi connectivity index (χ4n) is 1.89. The third kappa shape index (κ3) is 8.71. The zero-order valence-corrected chi connectivity index (χ0v) is 14.0. The number of hydrogen-bond acceptors (Lipinski definition) is 4. The number of aliphatic carboxylic acids is 1. The standard InChI is InChI=1S/C16H30O5/c1-6-8-10-12(14(17)18)13(20-11-9-7-2)15(19)21-16(3,4)5/h12-13H,6-11H2,1-5H3,(H,17,18)/t12-,13?/m1/s1. The normalized spacial score (nSPS) is 14.5. The van der Waals surface area contributed by atoms with E-state index < -0.39 is 29.6 Å². The summed E-state index contributed by atoms with van der Waals surface area (Å²) in [5.74, 6) is -2.44. The molecule has 0 aliphatic heterocycles. The summed E-state index contributed by atoms with van der Waals surface area (Å²) in [5, 5.41) is 9.39. The minimum atomic E-state index is -1.03. The van der Waals surface area contributed by atoms with E-state index in [4.69, 9.17) is 9.47 Å². The molecule has 0 aromatic heterocycles. The lowest BCUT2D eigenvalue weighted by Crippen LogP contribution is -2.41. The van der Waals surface area contributed by atoms with Crippen LogP contribution in [-0.2, 0) is 19.1 Å². The van der Waals surface area contributed by atoms with Gasteiger partial charge in [-0.2, -0.15) is 0 Å². The first-order valence-electron chi connectivity index (χ1n) is 7.80. The molecule has 1 unspecified atom stereocenters. The Hall–Kier alpha value is -1.10. The highest BCUT2D eigenvalue weighted by Gasteiger charge is 2.37. The fourth-order valence-corrected chi connectivity index (χ4v) is 1.89. The van der Waals surface area contributed by atoms with E-state index in [2.05, 4.69) is 0 Å². The summed E-state index contributed by atoms with van der Waals surface area (Å²) in [6, 6.07) is 0. The number of carbonyl (C=O) groups excluding carboxylic acids is 1. The van der Waals surface area contributed by atoms with Crippen LogP contribution in [0.2, 0.25) is 0 Å². The maximum Gasteiger partial charge on any atom is 0.336 e. The molecule has 0 aliphatic carbocycles. The lowest BCUT2D eigenvalue weighted by atomic mass is 9.95. The zero-order valence-electron chi connectivity index (χ0n) is 14.0. The molecule has 5 heteroatoms. The Kier molecular flexibility index (Phi) is 9.26. The van der Waals surface area contributed by atoms with Gasteiger partial charge in [0.25, 0.3) is 0 Å². The third-order valence-electron chi connectivity index (χ3n) is 2.99. The molecule has 0 radical (unpaired) electrons. The van der Waals surface area contributed by atoms with Crippen LogP contribution in [0.1, 0.15) is 66.7 Å². The second-order valence-corrected chi connectivity index (χ2v) is 6.27. The van der Waals surface area contributed by atoms with E-state index in [1.807, 2.05) is 13.8 Å². The Morgan fingerprint density at radius 3 is 2.10 bits per heavy atom. The van der Waals surface area contributed by atoms with Crippen molar-refractivity contribution in [1.29, 1.82) is 0 Å². The van der Waals surface area contributed by atoms with E-state index in [0.717, 1.165) is 25.7 Å². The monoisotopic (exact) mass is 302 g/mol. The van der Waals surface area contributed by atoms with Gasteiger partial charge in [0.2, 0.25) is 0 Å². The Morgan fingerprint density at radius 1 is 1.10 bits per heavy atom. The van der Waals surface area contributed by atoms with E-state index in [-0.39, 0.29) is 0 Å². The van der Waals surface area contributed by atoms with Crippen molar-refractivity contribution in [3.8, 4) is 0 Å². The summed E-state index contributed by atoms with van der Waals surface area (Å²) in [5.41, 5.74) is -0.655. The molecule has 0 saturated carbocycles. The summed E-state index contributed by atoms with van der Waals surface area (Å²) >= 11 is 0. The highest BCUT2D eigenvalue weighted by molar-refractivity contribution is 5.83. The molecule has 21 heavy (non-hydrogen) atoms. The van der Waals surface area contributed by atoms with E-state index in [9.17, 15) is 14.7 Å². The Morgan fingerprint density at radius 2 is 1.67 bits per heavy atom. The van der Waals surface area contributed by atoms with Crippen LogP contribution in [0, 0.1) is 5.92 Å². The molecule has 0 aliphatic rings. The molecule has 0 aromatic rings. The third-order valence-corrected chi connectivity index (χ3v) is 2.99. The average Bonchev–Trinajstić information content (AvgIpc) is 2.34. The summed E-state index contributed by atoms with van der Waals surface area (Å²) in [4.78, 5) is 23.7. The van der Waals surface area contributed by atoms with Gasteiger partial charge in [0.1, 0.15) is 5.60 Å². The van der Waals surface area contributed by atoms with E-state index in [0.29, 0.717) is 13.0 Å². The van der Waals surface area contributed by atoms with Gasteiger partial charge in [-0.05, 0) is 33.6 Å². The van der Waals surface area contributed by atoms with Gasteiger partial charge in [-0.25, -0.2) is 4.79 Å². The Labute approximate surface area is 128 Å². The highest BCUT2D eigenvalue weighted by atomic mass is 16.6. The quantitative estimate of drug-likeness (QED) is 0.494. The number of unbranched alkanes of at least 4 members (excludes halogenated alkanes) is 2. The highest BCUT2D eigenvalue weighted by Crippen LogP contribution is 2.21. The van der Waals surface area contributed by atoms with Crippen molar-refractivity contribution in [1.82, 2.24) is 0 Å². The predicted octanol–water partition coefficient (Wildman–Crippen LogP) is 3.40. The van der Waals surface area contributed by atoms with Crippen molar-refractivity contribution in [3.63, 3.8) is 0 Å². The molecule has 5 nitrogen and oxygen atoms in total. The molecule has 0 spiro atoms. The topological polar surface area (TPSA) is 72.8 Å². The molecule has 0 heterocycles. The number of carboxylic acids is 1. The van der Waals surface area contributed by atoms with E-state index >= 15 is 0 Å². The van der Waals surface area contributed by atoms with Crippen LogP contribution in [-0.4, -0.2) is 35.4 Å². The Balaban J connectivity index is 4.97. The largest absolute Gasteiger partial charge is 0.481 e. The van der Waals surface area contributed by atoms with Crippen LogP contribution >= 0.6 is 0 Å². The number of rotatable bonds is 10. The van der Waals surface area contributed by atoms with Gasteiger partial charge in [0.15, 0.2) is 6.10 Å². The summed E-state index contributed by atoms with van der Waals surface area (Å²) < 4.78 is 10.9. The van der Waals surface area contributed by atoms with Crippen molar-refractivity contribution in [3.05, 3.63) is 0 Å². The first-order chi connectivity index (χ1) is 9.72. The second kappa shape index (κ2) is 9.77. The van der Waals surface area contributed by atoms with Gasteiger partial charge >= 0.3 is 11.9 Å². The summed E-state index contributed by atoms with van der Waals surface area (Å²) in [6.45, 7) is 9.65. The van der Waals surface area contributed by atoms with Crippen LogP contribution < -0.4 is 0 Å². The van der Waals surface area contributed by atoms with Gasteiger partial charge < -0.3 is 14.6 Å². The fraction of sp³-hybridized carbons (Fsp3) is 0.875. The van der Waals surface area contributed by atoms with Crippen molar-refractivity contribution < 1.29 is 24.2 Å². The van der Waals surface area contributed by atoms with Crippen molar-refractivity contribution >= 4 is 11.9 Å². The van der Waals surface area contributed by atoms with Crippen LogP contribution in [0.25, 0.3) is 0 Å². The first-order valence-corrected chi connectivity index (χ1v) is 7.80. The molecule has 0 fully saturated rings. The molecular weight excluding hydrogens is 272 g/mol. The maximum atomic E-state index is 12.3. The molecule has 0 aromatic carbocycles. The first kappa shape index (κ1) is 19.9. The Bertz CT molecular complexity index is 319. The number of ether oxygens (including phenoxy) is 2. The molecule has 124 valence electrons. The summed E-state index contributed by atoms with van der Waals surface area (Å²) in [7, 11) is 0. The van der Waals surface area contributed by atoms with Crippen molar-refractivity contribution in [2.75, 3.05) is 6.61 Å². The maximum absolute atomic E-state index is 12.3. The van der Waals surface area contributed by atoms with Crippen LogP contribution in [0.5, 0.6) is 0 Å².